The van der Waals surface area contributed by atoms with E-state index in [0.717, 1.165) is 18.4 Å². The molecule has 1 aliphatic heterocycles. The molecule has 0 atom stereocenters. The molecule has 0 aromatic heterocycles. The topological polar surface area (TPSA) is 56.8 Å². The summed E-state index contributed by atoms with van der Waals surface area (Å²) in [6.07, 6.45) is 4.54. The molecule has 1 amide bonds. The molecule has 1 aliphatic rings. The minimum Gasteiger partial charge on any atom is -0.493 e. The lowest BCUT2D eigenvalue weighted by molar-refractivity contribution is -0.116. The fourth-order valence-corrected chi connectivity index (χ4v) is 3.81. The first-order chi connectivity index (χ1) is 14.9. The average Bonchev–Trinajstić information content (AvgIpc) is 2.77. The molecule has 2 aromatic rings. The molecule has 1 fully saturated rings. The van der Waals surface area contributed by atoms with Gasteiger partial charge in [0, 0.05) is 36.3 Å². The van der Waals surface area contributed by atoms with Gasteiger partial charge in [0.2, 0.25) is 5.91 Å². The number of halogens is 3. The zero-order valence-corrected chi connectivity index (χ0v) is 17.8. The van der Waals surface area contributed by atoms with E-state index in [1.165, 1.54) is 25.3 Å². The number of alkyl halides is 2. The predicted molar refractivity (Wildman–Crippen MR) is 115 cm³/mol. The van der Waals surface area contributed by atoms with Crippen molar-refractivity contribution < 1.29 is 27.8 Å². The molecule has 0 unspecified atom stereocenters. The number of hydrogen-bond acceptors (Lipinski definition) is 4. The van der Waals surface area contributed by atoms with Crippen LogP contribution in [0.3, 0.4) is 0 Å². The highest BCUT2D eigenvalue weighted by molar-refractivity contribution is 6.30. The lowest BCUT2D eigenvalue weighted by Gasteiger charge is -2.38. The van der Waals surface area contributed by atoms with Crippen LogP contribution in [0.2, 0.25) is 5.02 Å². The van der Waals surface area contributed by atoms with Gasteiger partial charge in [0.1, 0.15) is 0 Å². The third-order valence-electron chi connectivity index (χ3n) is 5.32. The van der Waals surface area contributed by atoms with Crippen molar-refractivity contribution in [1.82, 2.24) is 5.32 Å². The van der Waals surface area contributed by atoms with Crippen LogP contribution in [0.1, 0.15) is 24.0 Å². The van der Waals surface area contributed by atoms with Crippen molar-refractivity contribution in [2.24, 2.45) is 0 Å². The molecule has 0 bridgehead atoms. The summed E-state index contributed by atoms with van der Waals surface area (Å²) in [5.41, 5.74) is 1.44. The van der Waals surface area contributed by atoms with Crippen LogP contribution in [-0.2, 0) is 14.9 Å². The van der Waals surface area contributed by atoms with E-state index in [-0.39, 0.29) is 22.8 Å². The Hall–Kier alpha value is -2.64. The van der Waals surface area contributed by atoms with Crippen LogP contribution < -0.4 is 14.8 Å². The van der Waals surface area contributed by atoms with Gasteiger partial charge in [-0.2, -0.15) is 8.78 Å². The number of hydrogen-bond donors (Lipinski definition) is 1. The minimum atomic E-state index is -2.95. The Morgan fingerprint density at radius 1 is 1.23 bits per heavy atom. The van der Waals surface area contributed by atoms with Gasteiger partial charge >= 0.3 is 6.61 Å². The van der Waals surface area contributed by atoms with Gasteiger partial charge in [0.15, 0.2) is 11.5 Å². The first kappa shape index (κ1) is 23.0. The van der Waals surface area contributed by atoms with Crippen molar-refractivity contribution in [1.29, 1.82) is 0 Å². The summed E-state index contributed by atoms with van der Waals surface area (Å²) in [5.74, 6) is -0.174. The molecule has 8 heteroatoms. The summed E-state index contributed by atoms with van der Waals surface area (Å²) in [4.78, 5) is 12.5. The zero-order valence-electron chi connectivity index (χ0n) is 17.1. The number of nitrogens with one attached hydrogen (secondary N) is 1. The van der Waals surface area contributed by atoms with Crippen LogP contribution in [-0.4, -0.2) is 39.4 Å². The smallest absolute Gasteiger partial charge is 0.387 e. The van der Waals surface area contributed by atoms with E-state index in [4.69, 9.17) is 21.1 Å². The molecule has 3 rings (SSSR count). The standard InChI is InChI=1S/C23H24ClF2NO4/c1-29-20-13-16(5-7-19(20)31-22(25)26)6-8-21(28)27-15-23(9-11-30-12-10-23)17-3-2-4-18(24)14-17/h2-8,13-14,22H,9-12,15H2,1H3,(H,27,28)/b8-6+. The van der Waals surface area contributed by atoms with Crippen molar-refractivity contribution in [3.05, 3.63) is 64.7 Å². The van der Waals surface area contributed by atoms with Gasteiger partial charge in [-0.25, -0.2) is 0 Å². The van der Waals surface area contributed by atoms with Crippen LogP contribution in [0, 0.1) is 0 Å². The predicted octanol–water partition coefficient (Wildman–Crippen LogP) is 4.83. The second-order valence-corrected chi connectivity index (χ2v) is 7.68. The first-order valence-electron chi connectivity index (χ1n) is 9.84. The number of rotatable bonds is 8. The van der Waals surface area contributed by atoms with Gasteiger partial charge in [0.25, 0.3) is 0 Å². The van der Waals surface area contributed by atoms with Crippen molar-refractivity contribution in [2.45, 2.75) is 24.9 Å². The molecule has 1 N–H and O–H groups in total. The molecule has 2 aromatic carbocycles. The largest absolute Gasteiger partial charge is 0.493 e. The third kappa shape index (κ3) is 6.18. The summed E-state index contributed by atoms with van der Waals surface area (Å²) in [6, 6.07) is 12.2. The first-order valence-corrected chi connectivity index (χ1v) is 10.2. The quantitative estimate of drug-likeness (QED) is 0.584. The van der Waals surface area contributed by atoms with Crippen LogP contribution >= 0.6 is 11.6 Å². The molecule has 0 saturated carbocycles. The van der Waals surface area contributed by atoms with Gasteiger partial charge in [0.05, 0.1) is 7.11 Å². The highest BCUT2D eigenvalue weighted by Gasteiger charge is 2.34. The fraction of sp³-hybridized carbons (Fsp3) is 0.348. The van der Waals surface area contributed by atoms with E-state index < -0.39 is 6.61 Å². The van der Waals surface area contributed by atoms with E-state index >= 15 is 0 Å². The number of amides is 1. The van der Waals surface area contributed by atoms with Crippen molar-refractivity contribution in [2.75, 3.05) is 26.9 Å². The van der Waals surface area contributed by atoms with Gasteiger partial charge in [-0.3, -0.25) is 4.79 Å². The number of carbonyl (C=O) groups excluding carboxylic acids is 1. The van der Waals surface area contributed by atoms with Crippen LogP contribution in [0.4, 0.5) is 8.78 Å². The summed E-state index contributed by atoms with van der Waals surface area (Å²) < 4.78 is 39.9. The summed E-state index contributed by atoms with van der Waals surface area (Å²) in [5, 5.41) is 3.62. The molecule has 0 spiro atoms. The Kier molecular flexibility index (Phi) is 7.87. The van der Waals surface area contributed by atoms with Crippen LogP contribution in [0.25, 0.3) is 6.08 Å². The summed E-state index contributed by atoms with van der Waals surface area (Å²) in [7, 11) is 1.36. The maximum atomic E-state index is 12.5. The van der Waals surface area contributed by atoms with E-state index in [1.807, 2.05) is 24.3 Å². The molecule has 0 radical (unpaired) electrons. The molecular formula is C23H24ClF2NO4. The zero-order chi connectivity index (χ0) is 22.3. The molecule has 1 heterocycles. The van der Waals surface area contributed by atoms with E-state index in [9.17, 15) is 13.6 Å². The van der Waals surface area contributed by atoms with Gasteiger partial charge in [-0.1, -0.05) is 29.8 Å². The van der Waals surface area contributed by atoms with Crippen molar-refractivity contribution in [3.63, 3.8) is 0 Å². The molecule has 5 nitrogen and oxygen atoms in total. The molecular weight excluding hydrogens is 428 g/mol. The number of benzene rings is 2. The van der Waals surface area contributed by atoms with E-state index in [2.05, 4.69) is 10.1 Å². The molecule has 0 aliphatic carbocycles. The van der Waals surface area contributed by atoms with Gasteiger partial charge in [-0.15, -0.1) is 0 Å². The second kappa shape index (κ2) is 10.6. The normalized spacial score (nSPS) is 15.8. The second-order valence-electron chi connectivity index (χ2n) is 7.24. The van der Waals surface area contributed by atoms with Crippen LogP contribution in [0.15, 0.2) is 48.5 Å². The SMILES string of the molecule is COc1cc(/C=C/C(=O)NCC2(c3cccc(Cl)c3)CCOCC2)ccc1OC(F)F. The summed E-state index contributed by atoms with van der Waals surface area (Å²) >= 11 is 6.18. The minimum absolute atomic E-state index is 0.0675. The molecule has 166 valence electrons. The Balaban J connectivity index is 1.67. The third-order valence-corrected chi connectivity index (χ3v) is 5.55. The van der Waals surface area contributed by atoms with Crippen molar-refractivity contribution >= 4 is 23.6 Å². The Bertz CT molecular complexity index is 930. The Labute approximate surface area is 184 Å². The lowest BCUT2D eigenvalue weighted by atomic mass is 9.74. The average molecular weight is 452 g/mol. The maximum Gasteiger partial charge on any atom is 0.387 e. The Morgan fingerprint density at radius 2 is 2.00 bits per heavy atom. The number of carbonyl (C=O) groups is 1. The molecule has 1 saturated heterocycles. The molecule has 31 heavy (non-hydrogen) atoms. The van der Waals surface area contributed by atoms with Crippen LogP contribution in [0.5, 0.6) is 11.5 Å². The maximum absolute atomic E-state index is 12.5. The fourth-order valence-electron chi connectivity index (χ4n) is 3.62. The van der Waals surface area contributed by atoms with Crippen molar-refractivity contribution in [3.8, 4) is 11.5 Å². The number of ether oxygens (including phenoxy) is 3. The monoisotopic (exact) mass is 451 g/mol. The number of methoxy groups -OCH3 is 1. The van der Waals surface area contributed by atoms with E-state index in [1.54, 1.807) is 12.1 Å². The van der Waals surface area contributed by atoms with Gasteiger partial charge < -0.3 is 19.5 Å². The highest BCUT2D eigenvalue weighted by Crippen LogP contribution is 2.35. The van der Waals surface area contributed by atoms with E-state index in [0.29, 0.717) is 30.3 Å². The van der Waals surface area contributed by atoms with Gasteiger partial charge in [-0.05, 0) is 54.3 Å². The lowest BCUT2D eigenvalue weighted by Crippen LogP contribution is -2.44. The Morgan fingerprint density at radius 3 is 2.68 bits per heavy atom. The highest BCUT2D eigenvalue weighted by atomic mass is 35.5. The summed E-state index contributed by atoms with van der Waals surface area (Å²) in [6.45, 7) is -1.27.